The summed E-state index contributed by atoms with van der Waals surface area (Å²) in [6.45, 7) is 0. The van der Waals surface area contributed by atoms with Gasteiger partial charge in [-0.1, -0.05) is 109 Å². The molecular formula is C39H29N3. The molecule has 0 saturated carbocycles. The molecule has 3 nitrogen and oxygen atoms in total. The third-order valence-corrected chi connectivity index (χ3v) is 9.34. The number of fused-ring (bicyclic) bond motifs is 8. The maximum Gasteiger partial charge on any atom is 0.0708 e. The van der Waals surface area contributed by atoms with Crippen molar-refractivity contribution in [3.05, 3.63) is 163 Å². The highest BCUT2D eigenvalue weighted by Gasteiger charge is 2.46. The van der Waals surface area contributed by atoms with Crippen LogP contribution in [0.1, 0.15) is 23.0 Å². The van der Waals surface area contributed by atoms with Crippen LogP contribution in [-0.4, -0.2) is 17.1 Å². The van der Waals surface area contributed by atoms with Crippen LogP contribution in [0.3, 0.4) is 0 Å². The molecule has 3 heterocycles. The molecule has 4 aliphatic rings. The number of rotatable bonds is 3. The molecule has 2 aliphatic carbocycles. The number of para-hydroxylation sites is 1. The SMILES string of the molecule is C1=CC2c3ccc4c(c3N(c3ccccc3)C2C=C1)N(c1cccc(-c2cccc3ncccc23)c1)C1C=CC=CC41. The molecule has 1 aromatic heterocycles. The van der Waals surface area contributed by atoms with E-state index >= 15 is 0 Å². The molecule has 42 heavy (non-hydrogen) atoms. The second-order valence-corrected chi connectivity index (χ2v) is 11.5. The number of pyridine rings is 1. The van der Waals surface area contributed by atoms with E-state index in [1.54, 1.807) is 0 Å². The molecule has 0 bridgehead atoms. The standard InChI is InChI=1S/C39H29N3/c1-2-12-27(13-3-1)41-36-20-6-4-15-31(36)33-22-23-34-32-16-5-7-21-37(32)42(39(34)38(33)41)28-14-8-11-26(25-28)29-17-9-19-35-30(29)18-10-24-40-35/h1-25,31-32,36-37H. The highest BCUT2D eigenvalue weighted by atomic mass is 15.3. The molecule has 0 N–H and O–H groups in total. The first-order valence-electron chi connectivity index (χ1n) is 14.8. The van der Waals surface area contributed by atoms with Crippen molar-refractivity contribution in [1.82, 2.24) is 4.98 Å². The van der Waals surface area contributed by atoms with Gasteiger partial charge < -0.3 is 9.80 Å². The zero-order valence-corrected chi connectivity index (χ0v) is 23.1. The van der Waals surface area contributed by atoms with E-state index in [-0.39, 0.29) is 12.1 Å². The van der Waals surface area contributed by atoms with Gasteiger partial charge in [-0.05, 0) is 58.7 Å². The number of anilines is 4. The Morgan fingerprint density at radius 2 is 1.17 bits per heavy atom. The average molecular weight is 540 g/mol. The van der Waals surface area contributed by atoms with Crippen molar-refractivity contribution >= 4 is 33.7 Å². The Hall–Kier alpha value is -5.15. The Bertz CT molecular complexity index is 1980. The molecule has 0 fully saturated rings. The zero-order valence-electron chi connectivity index (χ0n) is 23.1. The molecule has 0 amide bonds. The van der Waals surface area contributed by atoms with Crippen LogP contribution in [0, 0.1) is 0 Å². The predicted molar refractivity (Wildman–Crippen MR) is 174 cm³/mol. The van der Waals surface area contributed by atoms with E-state index in [9.17, 15) is 0 Å². The van der Waals surface area contributed by atoms with Crippen molar-refractivity contribution in [3.8, 4) is 11.1 Å². The summed E-state index contributed by atoms with van der Waals surface area (Å²) in [4.78, 5) is 9.80. The van der Waals surface area contributed by atoms with E-state index in [4.69, 9.17) is 0 Å². The Kier molecular flexibility index (Phi) is 5.15. The minimum absolute atomic E-state index is 0.215. The molecule has 4 atom stereocenters. The van der Waals surface area contributed by atoms with Crippen LogP contribution in [0.25, 0.3) is 22.0 Å². The van der Waals surface area contributed by atoms with Crippen LogP contribution in [0.4, 0.5) is 22.7 Å². The van der Waals surface area contributed by atoms with Gasteiger partial charge in [0.25, 0.3) is 0 Å². The number of aromatic nitrogens is 1. The van der Waals surface area contributed by atoms with Gasteiger partial charge in [0.2, 0.25) is 0 Å². The molecule has 5 aromatic rings. The summed E-state index contributed by atoms with van der Waals surface area (Å²) in [5, 5.41) is 1.18. The van der Waals surface area contributed by atoms with Crippen LogP contribution < -0.4 is 9.80 Å². The highest BCUT2D eigenvalue weighted by molar-refractivity contribution is 5.97. The summed E-state index contributed by atoms with van der Waals surface area (Å²) in [6, 6.07) is 35.9. The minimum atomic E-state index is 0.215. The summed E-state index contributed by atoms with van der Waals surface area (Å²) >= 11 is 0. The second-order valence-electron chi connectivity index (χ2n) is 11.5. The summed E-state index contributed by atoms with van der Waals surface area (Å²) < 4.78 is 0. The lowest BCUT2D eigenvalue weighted by atomic mass is 9.88. The largest absolute Gasteiger partial charge is 0.332 e. The molecule has 2 aliphatic heterocycles. The lowest BCUT2D eigenvalue weighted by Gasteiger charge is -2.33. The molecule has 4 unspecified atom stereocenters. The predicted octanol–water partition coefficient (Wildman–Crippen LogP) is 9.36. The van der Waals surface area contributed by atoms with Crippen molar-refractivity contribution in [3.63, 3.8) is 0 Å². The van der Waals surface area contributed by atoms with E-state index in [1.807, 2.05) is 12.3 Å². The summed E-state index contributed by atoms with van der Waals surface area (Å²) in [6.07, 6.45) is 20.2. The number of hydrogen-bond acceptors (Lipinski definition) is 3. The quantitative estimate of drug-likeness (QED) is 0.228. The number of nitrogens with zero attached hydrogens (tertiary/aromatic N) is 3. The number of allylic oxidation sites excluding steroid dienone is 4. The van der Waals surface area contributed by atoms with Crippen LogP contribution in [0.5, 0.6) is 0 Å². The summed E-state index contributed by atoms with van der Waals surface area (Å²) in [7, 11) is 0. The maximum absolute atomic E-state index is 4.62. The van der Waals surface area contributed by atoms with E-state index in [1.165, 1.54) is 50.4 Å². The highest BCUT2D eigenvalue weighted by Crippen LogP contribution is 2.59. The van der Waals surface area contributed by atoms with Crippen molar-refractivity contribution in [2.75, 3.05) is 9.80 Å². The van der Waals surface area contributed by atoms with Gasteiger partial charge in [-0.15, -0.1) is 0 Å². The molecule has 4 aromatic carbocycles. The number of hydrogen-bond donors (Lipinski definition) is 0. The minimum Gasteiger partial charge on any atom is -0.332 e. The van der Waals surface area contributed by atoms with Gasteiger partial charge in [-0.25, -0.2) is 0 Å². The lowest BCUT2D eigenvalue weighted by molar-refractivity contribution is 0.737. The average Bonchev–Trinajstić information content (AvgIpc) is 3.58. The van der Waals surface area contributed by atoms with Crippen molar-refractivity contribution in [2.45, 2.75) is 23.9 Å². The van der Waals surface area contributed by atoms with Gasteiger partial charge in [0.05, 0.1) is 29.0 Å². The first kappa shape index (κ1) is 23.5. The van der Waals surface area contributed by atoms with E-state index < -0.39 is 0 Å². The topological polar surface area (TPSA) is 19.4 Å². The Morgan fingerprint density at radius 1 is 0.524 bits per heavy atom. The molecule has 200 valence electrons. The van der Waals surface area contributed by atoms with Gasteiger partial charge in [-0.3, -0.25) is 4.98 Å². The fourth-order valence-corrected chi connectivity index (χ4v) is 7.58. The third-order valence-electron chi connectivity index (χ3n) is 9.34. The monoisotopic (exact) mass is 539 g/mol. The molecule has 0 spiro atoms. The van der Waals surface area contributed by atoms with Crippen LogP contribution in [0.15, 0.2) is 152 Å². The number of benzene rings is 4. The molecular weight excluding hydrogens is 510 g/mol. The fourth-order valence-electron chi connectivity index (χ4n) is 7.58. The first-order valence-corrected chi connectivity index (χ1v) is 14.8. The normalized spacial score (nSPS) is 22.8. The van der Waals surface area contributed by atoms with Crippen LogP contribution in [-0.2, 0) is 0 Å². The third kappa shape index (κ3) is 3.37. The van der Waals surface area contributed by atoms with Crippen molar-refractivity contribution in [2.24, 2.45) is 0 Å². The Balaban J connectivity index is 1.28. The Morgan fingerprint density at radius 3 is 1.90 bits per heavy atom. The van der Waals surface area contributed by atoms with Crippen molar-refractivity contribution < 1.29 is 0 Å². The van der Waals surface area contributed by atoms with Gasteiger partial charge in [0.15, 0.2) is 0 Å². The summed E-state index contributed by atoms with van der Waals surface area (Å²) in [5.74, 6) is 0.618. The molecule has 0 saturated heterocycles. The van der Waals surface area contributed by atoms with E-state index in [2.05, 4.69) is 154 Å². The second kappa shape index (κ2) is 9.19. The van der Waals surface area contributed by atoms with Gasteiger partial charge in [-0.2, -0.15) is 0 Å². The molecule has 3 heteroatoms. The maximum atomic E-state index is 4.62. The van der Waals surface area contributed by atoms with Crippen molar-refractivity contribution in [1.29, 1.82) is 0 Å². The van der Waals surface area contributed by atoms with Gasteiger partial charge in [0, 0.05) is 34.8 Å². The fraction of sp³-hybridized carbons (Fsp3) is 0.103. The van der Waals surface area contributed by atoms with Gasteiger partial charge >= 0.3 is 0 Å². The smallest absolute Gasteiger partial charge is 0.0708 e. The van der Waals surface area contributed by atoms with Gasteiger partial charge in [0.1, 0.15) is 0 Å². The lowest BCUT2D eigenvalue weighted by Crippen LogP contribution is -2.31. The van der Waals surface area contributed by atoms with Crippen LogP contribution in [0.2, 0.25) is 0 Å². The van der Waals surface area contributed by atoms with Crippen LogP contribution >= 0.6 is 0 Å². The first-order chi connectivity index (χ1) is 20.9. The zero-order chi connectivity index (χ0) is 27.6. The summed E-state index contributed by atoms with van der Waals surface area (Å²) in [5.41, 5.74) is 11.3. The molecule has 0 radical (unpaired) electrons. The van der Waals surface area contributed by atoms with E-state index in [0.29, 0.717) is 11.8 Å². The Labute approximate surface area is 246 Å². The molecule has 9 rings (SSSR count). The van der Waals surface area contributed by atoms with E-state index in [0.717, 1.165) is 5.52 Å².